The maximum Gasteiger partial charge on any atom is 0.221 e. The number of methoxy groups -OCH3 is 1. The van der Waals surface area contributed by atoms with Crippen molar-refractivity contribution in [3.05, 3.63) is 90.2 Å². The van der Waals surface area contributed by atoms with Crippen molar-refractivity contribution >= 4 is 5.91 Å². The smallest absolute Gasteiger partial charge is 0.221 e. The average Bonchev–Trinajstić information content (AvgIpc) is 3.45. The number of hydrogen-bond acceptors (Lipinski definition) is 5. The fourth-order valence-electron chi connectivity index (χ4n) is 3.51. The van der Waals surface area contributed by atoms with Crippen LogP contribution in [0.3, 0.4) is 0 Å². The Hall–Kier alpha value is -3.94. The number of aryl methyl sites for hydroxylation is 2. The first kappa shape index (κ1) is 21.3. The van der Waals surface area contributed by atoms with Crippen LogP contribution < -0.4 is 10.1 Å². The number of para-hydroxylation sites is 1. The van der Waals surface area contributed by atoms with Gasteiger partial charge in [0.05, 0.1) is 18.9 Å². The molecule has 1 atom stereocenters. The normalized spacial score (nSPS) is 11.8. The number of nitrogens with one attached hydrogen (secondary N) is 1. The number of carbonyl (C=O) groups is 1. The summed E-state index contributed by atoms with van der Waals surface area (Å²) in [7, 11) is 3.46. The quantitative estimate of drug-likeness (QED) is 0.452. The molecule has 0 saturated carbocycles. The van der Waals surface area contributed by atoms with E-state index in [-0.39, 0.29) is 24.6 Å². The molecule has 0 fully saturated rings. The van der Waals surface area contributed by atoms with E-state index in [0.29, 0.717) is 28.8 Å². The average molecular weight is 434 g/mol. The van der Waals surface area contributed by atoms with Crippen molar-refractivity contribution in [1.82, 2.24) is 19.9 Å². The molecular formula is C24H23FN4O3. The van der Waals surface area contributed by atoms with Crippen LogP contribution in [-0.2, 0) is 18.3 Å². The molecule has 2 aromatic heterocycles. The van der Waals surface area contributed by atoms with E-state index >= 15 is 0 Å². The van der Waals surface area contributed by atoms with E-state index in [2.05, 4.69) is 15.3 Å². The molecule has 0 aliphatic rings. The molecule has 4 rings (SSSR count). The number of nitrogens with zero attached hydrogens (tertiary/aromatic N) is 3. The molecule has 0 aliphatic carbocycles. The lowest BCUT2D eigenvalue weighted by Crippen LogP contribution is -2.31. The number of aromatic nitrogens is 3. The summed E-state index contributed by atoms with van der Waals surface area (Å²) < 4.78 is 27.0. The minimum absolute atomic E-state index is 0.146. The Kier molecular flexibility index (Phi) is 6.30. The third-order valence-electron chi connectivity index (χ3n) is 5.13. The molecule has 1 unspecified atom stereocenters. The van der Waals surface area contributed by atoms with Crippen molar-refractivity contribution in [2.24, 2.45) is 7.05 Å². The van der Waals surface area contributed by atoms with Gasteiger partial charge in [0.2, 0.25) is 5.91 Å². The number of ether oxygens (including phenoxy) is 1. The summed E-state index contributed by atoms with van der Waals surface area (Å²) in [6.45, 7) is 0. The Morgan fingerprint density at radius 1 is 1.19 bits per heavy atom. The van der Waals surface area contributed by atoms with Gasteiger partial charge < -0.3 is 19.0 Å². The summed E-state index contributed by atoms with van der Waals surface area (Å²) in [5.74, 6) is 1.45. The van der Waals surface area contributed by atoms with Gasteiger partial charge in [-0.1, -0.05) is 30.3 Å². The Morgan fingerprint density at radius 3 is 2.72 bits per heavy atom. The predicted molar refractivity (Wildman–Crippen MR) is 116 cm³/mol. The van der Waals surface area contributed by atoms with Gasteiger partial charge in [-0.25, -0.2) is 14.4 Å². The topological polar surface area (TPSA) is 82.2 Å². The number of amides is 1. The summed E-state index contributed by atoms with van der Waals surface area (Å²) in [5, 5.41) is 3.04. The van der Waals surface area contributed by atoms with Crippen LogP contribution >= 0.6 is 0 Å². The molecule has 1 N–H and O–H groups in total. The van der Waals surface area contributed by atoms with Crippen molar-refractivity contribution in [2.75, 3.05) is 7.11 Å². The first-order valence-electron chi connectivity index (χ1n) is 10.2. The van der Waals surface area contributed by atoms with Gasteiger partial charge in [-0.2, -0.15) is 0 Å². The molecule has 0 radical (unpaired) electrons. The SMILES string of the molecule is COc1ccccc1C(NC(=O)CCc1ncc(-c2ccccc2F)o1)c1nccn1C. The third kappa shape index (κ3) is 4.54. The lowest BCUT2D eigenvalue weighted by molar-refractivity contribution is -0.121. The molecule has 7 nitrogen and oxygen atoms in total. The zero-order valence-corrected chi connectivity index (χ0v) is 17.8. The van der Waals surface area contributed by atoms with E-state index in [1.165, 1.54) is 12.3 Å². The molecule has 0 saturated heterocycles. The van der Waals surface area contributed by atoms with Crippen LogP contribution in [0.1, 0.15) is 29.7 Å². The van der Waals surface area contributed by atoms with Crippen molar-refractivity contribution in [3.8, 4) is 17.1 Å². The Morgan fingerprint density at radius 2 is 1.97 bits per heavy atom. The fourth-order valence-corrected chi connectivity index (χ4v) is 3.51. The maximum atomic E-state index is 14.0. The second-order valence-corrected chi connectivity index (χ2v) is 7.24. The highest BCUT2D eigenvalue weighted by molar-refractivity contribution is 5.77. The first-order chi connectivity index (χ1) is 15.6. The van der Waals surface area contributed by atoms with E-state index in [1.807, 2.05) is 42.1 Å². The van der Waals surface area contributed by atoms with Crippen LogP contribution in [0.25, 0.3) is 11.3 Å². The van der Waals surface area contributed by atoms with Crippen molar-refractivity contribution in [3.63, 3.8) is 0 Å². The standard InChI is InChI=1S/C24H23FN4O3/c1-29-14-13-26-24(29)23(17-8-4-6-10-19(17)31-2)28-21(30)11-12-22-27-15-20(32-22)16-7-3-5-9-18(16)25/h3-10,13-15,23H,11-12H2,1-2H3,(H,28,30). The number of imidazole rings is 1. The Bertz CT molecular complexity index is 1220. The van der Waals surface area contributed by atoms with Gasteiger partial charge in [0, 0.05) is 37.8 Å². The minimum atomic E-state index is -0.489. The van der Waals surface area contributed by atoms with Crippen molar-refractivity contribution in [1.29, 1.82) is 0 Å². The molecule has 32 heavy (non-hydrogen) atoms. The van der Waals surface area contributed by atoms with Gasteiger partial charge in [-0.3, -0.25) is 4.79 Å². The predicted octanol–water partition coefficient (Wildman–Crippen LogP) is 4.06. The molecule has 0 spiro atoms. The largest absolute Gasteiger partial charge is 0.496 e. The Labute approximate surface area is 184 Å². The number of carbonyl (C=O) groups excluding carboxylic acids is 1. The summed E-state index contributed by atoms with van der Waals surface area (Å²) >= 11 is 0. The third-order valence-corrected chi connectivity index (χ3v) is 5.13. The van der Waals surface area contributed by atoms with Gasteiger partial charge in [0.1, 0.15) is 23.4 Å². The molecule has 1 amide bonds. The van der Waals surface area contributed by atoms with Crippen LogP contribution in [0.2, 0.25) is 0 Å². The summed E-state index contributed by atoms with van der Waals surface area (Å²) in [4.78, 5) is 21.4. The highest BCUT2D eigenvalue weighted by Gasteiger charge is 2.24. The lowest BCUT2D eigenvalue weighted by Gasteiger charge is -2.21. The molecular weight excluding hydrogens is 411 g/mol. The maximum absolute atomic E-state index is 14.0. The van der Waals surface area contributed by atoms with Crippen molar-refractivity contribution in [2.45, 2.75) is 18.9 Å². The first-order valence-corrected chi connectivity index (χ1v) is 10.2. The van der Waals surface area contributed by atoms with Gasteiger partial charge >= 0.3 is 0 Å². The van der Waals surface area contributed by atoms with Crippen LogP contribution in [0.15, 0.2) is 71.5 Å². The monoisotopic (exact) mass is 434 g/mol. The van der Waals surface area contributed by atoms with Crippen molar-refractivity contribution < 1.29 is 18.3 Å². The molecule has 0 bridgehead atoms. The summed E-state index contributed by atoms with van der Waals surface area (Å²) in [6, 6.07) is 13.3. The molecule has 4 aromatic rings. The van der Waals surface area contributed by atoms with Crippen LogP contribution in [-0.4, -0.2) is 27.6 Å². The molecule has 2 heterocycles. The zero-order valence-electron chi connectivity index (χ0n) is 17.8. The second-order valence-electron chi connectivity index (χ2n) is 7.24. The van der Waals surface area contributed by atoms with E-state index in [9.17, 15) is 9.18 Å². The van der Waals surface area contributed by atoms with E-state index in [1.54, 1.807) is 31.5 Å². The van der Waals surface area contributed by atoms with E-state index in [4.69, 9.17) is 9.15 Å². The highest BCUT2D eigenvalue weighted by Crippen LogP contribution is 2.29. The van der Waals surface area contributed by atoms with E-state index in [0.717, 1.165) is 5.56 Å². The fraction of sp³-hybridized carbons (Fsp3) is 0.208. The van der Waals surface area contributed by atoms with Crippen LogP contribution in [0, 0.1) is 5.82 Å². The summed E-state index contributed by atoms with van der Waals surface area (Å²) in [5.41, 5.74) is 1.14. The molecule has 2 aromatic carbocycles. The van der Waals surface area contributed by atoms with Crippen LogP contribution in [0.4, 0.5) is 4.39 Å². The molecule has 8 heteroatoms. The number of hydrogen-bond donors (Lipinski definition) is 1. The van der Waals surface area contributed by atoms with Crippen LogP contribution in [0.5, 0.6) is 5.75 Å². The molecule has 0 aliphatic heterocycles. The van der Waals surface area contributed by atoms with Gasteiger partial charge in [-0.05, 0) is 18.2 Å². The number of oxazole rings is 1. The zero-order chi connectivity index (χ0) is 22.5. The molecule has 164 valence electrons. The van der Waals surface area contributed by atoms with Gasteiger partial charge in [0.15, 0.2) is 11.7 Å². The lowest BCUT2D eigenvalue weighted by atomic mass is 10.0. The van der Waals surface area contributed by atoms with Gasteiger partial charge in [-0.15, -0.1) is 0 Å². The minimum Gasteiger partial charge on any atom is -0.496 e. The van der Waals surface area contributed by atoms with E-state index < -0.39 is 6.04 Å². The van der Waals surface area contributed by atoms with Gasteiger partial charge in [0.25, 0.3) is 0 Å². The Balaban J connectivity index is 1.48. The number of rotatable bonds is 8. The second kappa shape index (κ2) is 9.47. The summed E-state index contributed by atoms with van der Waals surface area (Å²) in [6.07, 6.45) is 5.39. The number of benzene rings is 2. The number of halogens is 1. The highest BCUT2D eigenvalue weighted by atomic mass is 19.1.